The van der Waals surface area contributed by atoms with Crippen LogP contribution in [0.2, 0.25) is 0 Å². The molecule has 8 nitrogen and oxygen atoms in total. The van der Waals surface area contributed by atoms with Gasteiger partial charge in [-0.05, 0) is 175 Å². The largest absolute Gasteiger partial charge is 0.426 e. The molecule has 0 aliphatic heterocycles. The molecule has 8 aromatic rings. The zero-order chi connectivity index (χ0) is 61.5. The summed E-state index contributed by atoms with van der Waals surface area (Å²) in [7, 11) is 3.00. The maximum Gasteiger partial charge on any atom is 0.426 e. The van der Waals surface area contributed by atoms with Crippen molar-refractivity contribution in [2.45, 2.75) is 83.2 Å². The van der Waals surface area contributed by atoms with E-state index in [-0.39, 0.29) is 50.7 Å². The fraction of sp³-hybridized carbons (Fsp3) is 0.224. The number of rotatable bonds is 12. The minimum absolute atomic E-state index is 0.0638. The Morgan fingerprint density at radius 2 is 0.726 bits per heavy atom. The van der Waals surface area contributed by atoms with Crippen LogP contribution in [0.1, 0.15) is 129 Å². The normalized spacial score (nSPS) is 14.1. The summed E-state index contributed by atoms with van der Waals surface area (Å²) in [5, 5.41) is 10.4. The molecule has 2 unspecified atom stereocenters. The predicted molar refractivity (Wildman–Crippen MR) is 308 cm³/mol. The van der Waals surface area contributed by atoms with Gasteiger partial charge in [0.15, 0.2) is 0 Å². The second-order valence-corrected chi connectivity index (χ2v) is 21.2. The summed E-state index contributed by atoms with van der Waals surface area (Å²) < 4.78 is 126. The third-order valence-corrected chi connectivity index (χ3v) is 16.0. The lowest BCUT2D eigenvalue weighted by molar-refractivity contribution is -0.228. The predicted octanol–water partition coefficient (Wildman–Crippen LogP) is 15.9. The van der Waals surface area contributed by atoms with Crippen molar-refractivity contribution in [3.63, 3.8) is 0 Å². The van der Waals surface area contributed by atoms with Gasteiger partial charge in [0.2, 0.25) is 5.67 Å². The van der Waals surface area contributed by atoms with Gasteiger partial charge in [0.1, 0.15) is 5.41 Å². The Balaban J connectivity index is 0.000000226. The standard InChI is InChI=1S/C39H32F4N2O2.C28H27F5N2O2/c1-23-21-29(37(3,40)39(41,42)43)22-34(24(23)2)45-36(47)26-15-19-28(20-16-26)38(27-17-13-25(14-18-27)35(46)44-4)32-11-7-5-9-30(32)31-10-6-8-12-33(31)38;1-16-14-22(27(4,29)30)15-23(17(16)2)35-25(37)19-8-12-21(13-9-19)26(3,28(31,32)33)20-10-6-18(7-11-20)24(36)34-5/h5-22H,1-4H3,(H,44,46)(H,45,47);6-15H,1-5H3,(H,34,36)(H,35,37). The molecule has 4 N–H and O–H groups in total. The number of fused-ring (bicyclic) bond motifs is 3. The van der Waals surface area contributed by atoms with Crippen molar-refractivity contribution in [2.24, 2.45) is 0 Å². The monoisotopic (exact) mass is 1150 g/mol. The number of aryl methyl sites for hydroxylation is 2. The van der Waals surface area contributed by atoms with Crippen LogP contribution in [0.4, 0.5) is 50.9 Å². The van der Waals surface area contributed by atoms with Crippen LogP contribution in [0.3, 0.4) is 0 Å². The average Bonchev–Trinajstić information content (AvgIpc) is 1.62. The van der Waals surface area contributed by atoms with Gasteiger partial charge in [0, 0.05) is 65.8 Å². The zero-order valence-electron chi connectivity index (χ0n) is 47.2. The van der Waals surface area contributed by atoms with Gasteiger partial charge in [-0.2, -0.15) is 26.3 Å². The molecule has 17 heteroatoms. The fourth-order valence-corrected chi connectivity index (χ4v) is 10.5. The van der Waals surface area contributed by atoms with E-state index in [1.54, 1.807) is 59.0 Å². The van der Waals surface area contributed by atoms with Gasteiger partial charge in [0.25, 0.3) is 29.6 Å². The molecule has 434 valence electrons. The van der Waals surface area contributed by atoms with E-state index < -0.39 is 58.1 Å². The first-order valence-corrected chi connectivity index (χ1v) is 26.5. The lowest BCUT2D eigenvalue weighted by Crippen LogP contribution is -2.40. The van der Waals surface area contributed by atoms with Crippen molar-refractivity contribution < 1.29 is 58.7 Å². The Morgan fingerprint density at radius 3 is 1.07 bits per heavy atom. The topological polar surface area (TPSA) is 116 Å². The Kier molecular flexibility index (Phi) is 16.7. The van der Waals surface area contributed by atoms with E-state index in [1.807, 2.05) is 48.5 Å². The van der Waals surface area contributed by atoms with Crippen LogP contribution in [-0.4, -0.2) is 50.1 Å². The summed E-state index contributed by atoms with van der Waals surface area (Å²) in [6, 6.07) is 45.7. The molecule has 84 heavy (non-hydrogen) atoms. The highest BCUT2D eigenvalue weighted by Crippen LogP contribution is 2.56. The number of carbonyl (C=O) groups is 4. The first kappa shape index (κ1) is 61.1. The Labute approximate surface area is 480 Å². The van der Waals surface area contributed by atoms with Gasteiger partial charge in [0.05, 0.1) is 5.41 Å². The Morgan fingerprint density at radius 1 is 0.393 bits per heavy atom. The van der Waals surface area contributed by atoms with Gasteiger partial charge in [-0.15, -0.1) is 0 Å². The number of nitrogens with one attached hydrogen (secondary N) is 4. The van der Waals surface area contributed by atoms with Gasteiger partial charge >= 0.3 is 12.4 Å². The number of amides is 4. The molecule has 0 saturated carbocycles. The molecule has 0 bridgehead atoms. The van der Waals surface area contributed by atoms with E-state index in [9.17, 15) is 58.7 Å². The number of anilines is 2. The highest BCUT2D eigenvalue weighted by Gasteiger charge is 2.55. The van der Waals surface area contributed by atoms with E-state index in [1.165, 1.54) is 67.7 Å². The maximum atomic E-state index is 14.9. The second kappa shape index (κ2) is 23.0. The third-order valence-electron chi connectivity index (χ3n) is 16.0. The van der Waals surface area contributed by atoms with Crippen LogP contribution in [0, 0.1) is 27.7 Å². The molecular formula is C67H59F9N4O4. The number of halogens is 9. The van der Waals surface area contributed by atoms with Crippen LogP contribution in [-0.2, 0) is 22.4 Å². The molecule has 1 aliphatic carbocycles. The summed E-state index contributed by atoms with van der Waals surface area (Å²) in [5.74, 6) is -4.91. The minimum Gasteiger partial charge on any atom is -0.355 e. The van der Waals surface area contributed by atoms with Gasteiger partial charge in [-0.1, -0.05) is 103 Å². The molecule has 9 rings (SSSR count). The lowest BCUT2D eigenvalue weighted by atomic mass is 9.67. The quantitative estimate of drug-likeness (QED) is 0.0912. The van der Waals surface area contributed by atoms with Gasteiger partial charge in [-0.25, -0.2) is 13.2 Å². The smallest absolute Gasteiger partial charge is 0.355 e. The highest BCUT2D eigenvalue weighted by atomic mass is 19.4. The number of alkyl halides is 9. The zero-order valence-corrected chi connectivity index (χ0v) is 47.2. The van der Waals surface area contributed by atoms with Crippen molar-refractivity contribution >= 4 is 35.0 Å². The van der Waals surface area contributed by atoms with Crippen LogP contribution < -0.4 is 21.3 Å². The summed E-state index contributed by atoms with van der Waals surface area (Å²) in [4.78, 5) is 50.4. The van der Waals surface area contributed by atoms with Crippen LogP contribution >= 0.6 is 0 Å². The van der Waals surface area contributed by atoms with E-state index >= 15 is 0 Å². The molecule has 0 heterocycles. The fourth-order valence-electron chi connectivity index (χ4n) is 10.5. The average molecular weight is 1160 g/mol. The molecular weight excluding hydrogens is 1100 g/mol. The summed E-state index contributed by atoms with van der Waals surface area (Å²) in [6.45, 7) is 8.82. The third kappa shape index (κ3) is 11.3. The van der Waals surface area contributed by atoms with Crippen molar-refractivity contribution in [1.29, 1.82) is 0 Å². The van der Waals surface area contributed by atoms with Crippen LogP contribution in [0.15, 0.2) is 170 Å². The van der Waals surface area contributed by atoms with E-state index in [4.69, 9.17) is 0 Å². The summed E-state index contributed by atoms with van der Waals surface area (Å²) in [6.07, 6.45) is -9.81. The van der Waals surface area contributed by atoms with E-state index in [2.05, 4.69) is 45.5 Å². The van der Waals surface area contributed by atoms with Crippen molar-refractivity contribution in [2.75, 3.05) is 24.7 Å². The molecule has 0 fully saturated rings. The number of hydrogen-bond donors (Lipinski definition) is 4. The van der Waals surface area contributed by atoms with E-state index in [0.29, 0.717) is 34.7 Å². The molecule has 8 aromatic carbocycles. The van der Waals surface area contributed by atoms with Crippen molar-refractivity contribution in [1.82, 2.24) is 10.6 Å². The van der Waals surface area contributed by atoms with Crippen LogP contribution in [0.25, 0.3) is 11.1 Å². The maximum absolute atomic E-state index is 14.9. The Bertz CT molecular complexity index is 3770. The lowest BCUT2D eigenvalue weighted by Gasteiger charge is -2.34. The summed E-state index contributed by atoms with van der Waals surface area (Å²) >= 11 is 0. The number of benzene rings is 8. The van der Waals surface area contributed by atoms with Gasteiger partial charge < -0.3 is 21.3 Å². The molecule has 0 radical (unpaired) electrons. The van der Waals surface area contributed by atoms with E-state index in [0.717, 1.165) is 59.4 Å². The highest BCUT2D eigenvalue weighted by molar-refractivity contribution is 6.06. The first-order valence-electron chi connectivity index (χ1n) is 26.5. The molecule has 2 atom stereocenters. The van der Waals surface area contributed by atoms with Crippen LogP contribution in [0.5, 0.6) is 0 Å². The molecule has 0 aromatic heterocycles. The van der Waals surface area contributed by atoms with Gasteiger partial charge in [-0.3, -0.25) is 19.2 Å². The second-order valence-electron chi connectivity index (χ2n) is 21.2. The van der Waals surface area contributed by atoms with Crippen molar-refractivity contribution in [3.05, 3.63) is 259 Å². The number of carbonyl (C=O) groups excluding carboxylic acids is 4. The Hall–Kier alpha value is -8.99. The molecule has 0 saturated heterocycles. The molecule has 4 amide bonds. The SMILES string of the molecule is CNC(=O)c1ccc(C(C)(c2ccc(C(=O)Nc3cc(C(C)(F)F)cc(C)c3C)cc2)C(F)(F)F)cc1.CNC(=O)c1ccc(C2(c3ccc(C(=O)Nc4cc(C(C)(F)C(F)(F)F)cc(C)c4C)cc3)c3ccccc3-c3ccccc32)cc1. The minimum atomic E-state index is -5.12. The number of hydrogen-bond acceptors (Lipinski definition) is 4. The molecule has 0 spiro atoms. The first-order chi connectivity index (χ1) is 39.4. The van der Waals surface area contributed by atoms with Crippen molar-refractivity contribution in [3.8, 4) is 11.1 Å². The summed E-state index contributed by atoms with van der Waals surface area (Å²) in [5.41, 5.74) is 1.76. The molecule has 1 aliphatic rings.